The van der Waals surface area contributed by atoms with Crippen molar-refractivity contribution in [1.29, 1.82) is 0 Å². The first-order valence-electron chi connectivity index (χ1n) is 6.27. The third kappa shape index (κ3) is 3.59. The summed E-state index contributed by atoms with van der Waals surface area (Å²) >= 11 is 0. The molecule has 7 heteroatoms. The Hall–Kier alpha value is -2.83. The number of nitrogens with zero attached hydrogens (tertiary/aromatic N) is 2. The molecule has 7 nitrogen and oxygen atoms in total. The average Bonchev–Trinajstić information content (AvgIpc) is 2.86. The summed E-state index contributed by atoms with van der Waals surface area (Å²) in [6.45, 7) is 0. The van der Waals surface area contributed by atoms with Gasteiger partial charge in [0, 0.05) is 19.7 Å². The molecule has 0 saturated heterocycles. The molecular formula is C14H15N3O4. The second-order valence-corrected chi connectivity index (χ2v) is 4.57. The second-order valence-electron chi connectivity index (χ2n) is 4.57. The van der Waals surface area contributed by atoms with Crippen molar-refractivity contribution in [3.05, 3.63) is 47.8 Å². The van der Waals surface area contributed by atoms with Gasteiger partial charge in [0.25, 0.3) is 5.91 Å². The van der Waals surface area contributed by atoms with Gasteiger partial charge >= 0.3 is 5.97 Å². The first-order chi connectivity index (χ1) is 9.97. The largest absolute Gasteiger partial charge is 0.508 e. The molecule has 1 heterocycles. The quantitative estimate of drug-likeness (QED) is 0.745. The van der Waals surface area contributed by atoms with Gasteiger partial charge in [-0.3, -0.25) is 9.48 Å². The fourth-order valence-corrected chi connectivity index (χ4v) is 1.90. The van der Waals surface area contributed by atoms with E-state index in [1.165, 1.54) is 29.1 Å². The van der Waals surface area contributed by atoms with Gasteiger partial charge in [-0.05, 0) is 23.8 Å². The van der Waals surface area contributed by atoms with Gasteiger partial charge in [0.05, 0.1) is 0 Å². The van der Waals surface area contributed by atoms with Crippen molar-refractivity contribution in [2.75, 3.05) is 0 Å². The molecule has 0 bridgehead atoms. The summed E-state index contributed by atoms with van der Waals surface area (Å²) in [5, 5.41) is 24.7. The van der Waals surface area contributed by atoms with Gasteiger partial charge in [-0.2, -0.15) is 5.10 Å². The standard InChI is InChI=1S/C14H15N3O4/c1-17-12(6-7-15-17)13(19)16-11(14(20)21)8-9-2-4-10(18)5-3-9/h2-7,11,18H,8H2,1H3,(H,16,19)(H,20,21)/t11-/m1/s1. The fraction of sp³-hybridized carbons (Fsp3) is 0.214. The Morgan fingerprint density at radius 3 is 2.48 bits per heavy atom. The maximum Gasteiger partial charge on any atom is 0.326 e. The minimum absolute atomic E-state index is 0.101. The van der Waals surface area contributed by atoms with Gasteiger partial charge in [0.15, 0.2) is 0 Å². The Kier molecular flexibility index (Phi) is 4.22. The molecule has 1 aromatic carbocycles. The molecule has 2 rings (SSSR count). The van der Waals surface area contributed by atoms with E-state index in [4.69, 9.17) is 0 Å². The van der Waals surface area contributed by atoms with Crippen LogP contribution in [-0.2, 0) is 18.3 Å². The Morgan fingerprint density at radius 2 is 1.95 bits per heavy atom. The maximum atomic E-state index is 12.0. The number of aromatic nitrogens is 2. The van der Waals surface area contributed by atoms with E-state index in [0.29, 0.717) is 5.56 Å². The number of hydrogen-bond acceptors (Lipinski definition) is 4. The van der Waals surface area contributed by atoms with Crippen LogP contribution in [0.4, 0.5) is 0 Å². The third-order valence-electron chi connectivity index (χ3n) is 3.03. The molecule has 0 unspecified atom stereocenters. The Morgan fingerprint density at radius 1 is 1.29 bits per heavy atom. The summed E-state index contributed by atoms with van der Waals surface area (Å²) in [6, 6.07) is 6.61. The number of aliphatic carboxylic acids is 1. The smallest absolute Gasteiger partial charge is 0.326 e. The number of carbonyl (C=O) groups is 2. The van der Waals surface area contributed by atoms with Crippen molar-refractivity contribution in [1.82, 2.24) is 15.1 Å². The molecule has 0 fully saturated rings. The average molecular weight is 289 g/mol. The molecule has 0 aliphatic rings. The lowest BCUT2D eigenvalue weighted by atomic mass is 10.1. The molecule has 1 aromatic heterocycles. The third-order valence-corrected chi connectivity index (χ3v) is 3.03. The molecule has 110 valence electrons. The van der Waals surface area contributed by atoms with Gasteiger partial charge in [-0.15, -0.1) is 0 Å². The first kappa shape index (κ1) is 14.6. The minimum Gasteiger partial charge on any atom is -0.508 e. The number of aryl methyl sites for hydroxylation is 1. The van der Waals surface area contributed by atoms with Gasteiger partial charge < -0.3 is 15.5 Å². The number of hydrogen-bond donors (Lipinski definition) is 3. The van der Waals surface area contributed by atoms with Gasteiger partial charge in [0.1, 0.15) is 17.5 Å². The minimum atomic E-state index is -1.13. The Labute approximate surface area is 120 Å². The highest BCUT2D eigenvalue weighted by atomic mass is 16.4. The summed E-state index contributed by atoms with van der Waals surface area (Å²) in [6.07, 6.45) is 1.59. The van der Waals surface area contributed by atoms with Crippen molar-refractivity contribution in [3.63, 3.8) is 0 Å². The van der Waals surface area contributed by atoms with E-state index in [1.54, 1.807) is 19.2 Å². The summed E-state index contributed by atoms with van der Waals surface area (Å²) in [7, 11) is 1.60. The molecule has 0 aliphatic heterocycles. The lowest BCUT2D eigenvalue weighted by Crippen LogP contribution is -2.42. The van der Waals surface area contributed by atoms with Crippen LogP contribution >= 0.6 is 0 Å². The molecule has 3 N–H and O–H groups in total. The van der Waals surface area contributed by atoms with E-state index < -0.39 is 17.9 Å². The Bertz CT molecular complexity index is 648. The molecular weight excluding hydrogens is 274 g/mol. The van der Waals surface area contributed by atoms with E-state index in [0.717, 1.165) is 0 Å². The number of nitrogens with one attached hydrogen (secondary N) is 1. The van der Waals surface area contributed by atoms with Crippen LogP contribution in [0.1, 0.15) is 16.1 Å². The number of carbonyl (C=O) groups excluding carboxylic acids is 1. The molecule has 0 radical (unpaired) electrons. The zero-order chi connectivity index (χ0) is 15.4. The monoisotopic (exact) mass is 289 g/mol. The maximum absolute atomic E-state index is 12.0. The van der Waals surface area contributed by atoms with Crippen molar-refractivity contribution < 1.29 is 19.8 Å². The van der Waals surface area contributed by atoms with E-state index in [-0.39, 0.29) is 17.9 Å². The van der Waals surface area contributed by atoms with Crippen LogP contribution in [0.5, 0.6) is 5.75 Å². The molecule has 2 aromatic rings. The number of carboxylic acids is 1. The highest BCUT2D eigenvalue weighted by Crippen LogP contribution is 2.11. The van der Waals surface area contributed by atoms with Crippen LogP contribution in [-0.4, -0.2) is 37.9 Å². The van der Waals surface area contributed by atoms with Gasteiger partial charge in [0.2, 0.25) is 0 Å². The zero-order valence-electron chi connectivity index (χ0n) is 11.4. The van der Waals surface area contributed by atoms with E-state index in [1.807, 2.05) is 0 Å². The molecule has 21 heavy (non-hydrogen) atoms. The van der Waals surface area contributed by atoms with Crippen molar-refractivity contribution in [2.45, 2.75) is 12.5 Å². The number of aromatic hydroxyl groups is 1. The SMILES string of the molecule is Cn1nccc1C(=O)N[C@H](Cc1ccc(O)cc1)C(=O)O. The highest BCUT2D eigenvalue weighted by molar-refractivity contribution is 5.95. The number of carboxylic acid groups (broad SMARTS) is 1. The number of rotatable bonds is 5. The number of phenols is 1. The summed E-state index contributed by atoms with van der Waals surface area (Å²) < 4.78 is 1.37. The predicted molar refractivity (Wildman–Crippen MR) is 73.9 cm³/mol. The lowest BCUT2D eigenvalue weighted by Gasteiger charge is -2.14. The van der Waals surface area contributed by atoms with Crippen LogP contribution in [0.2, 0.25) is 0 Å². The van der Waals surface area contributed by atoms with E-state index >= 15 is 0 Å². The molecule has 1 amide bonds. The molecule has 0 aliphatic carbocycles. The summed E-state index contributed by atoms with van der Waals surface area (Å²) in [5.74, 6) is -1.52. The van der Waals surface area contributed by atoms with Crippen LogP contribution in [0.25, 0.3) is 0 Å². The number of amides is 1. The summed E-state index contributed by atoms with van der Waals surface area (Å²) in [5.41, 5.74) is 0.984. The lowest BCUT2D eigenvalue weighted by molar-refractivity contribution is -0.139. The molecule has 0 spiro atoms. The molecule has 1 atom stereocenters. The highest BCUT2D eigenvalue weighted by Gasteiger charge is 2.22. The second kappa shape index (κ2) is 6.08. The first-order valence-corrected chi connectivity index (χ1v) is 6.27. The van der Waals surface area contributed by atoms with Crippen molar-refractivity contribution >= 4 is 11.9 Å². The number of benzene rings is 1. The van der Waals surface area contributed by atoms with Crippen LogP contribution in [0.3, 0.4) is 0 Å². The zero-order valence-corrected chi connectivity index (χ0v) is 11.4. The predicted octanol–water partition coefficient (Wildman–Crippen LogP) is 0.551. The van der Waals surface area contributed by atoms with Crippen LogP contribution in [0, 0.1) is 0 Å². The molecule has 0 saturated carbocycles. The van der Waals surface area contributed by atoms with Gasteiger partial charge in [-0.25, -0.2) is 4.79 Å². The van der Waals surface area contributed by atoms with Crippen molar-refractivity contribution in [3.8, 4) is 5.75 Å². The Balaban J connectivity index is 2.09. The fourth-order valence-electron chi connectivity index (χ4n) is 1.90. The number of phenolic OH excluding ortho intramolecular Hbond substituents is 1. The van der Waals surface area contributed by atoms with Crippen LogP contribution < -0.4 is 5.32 Å². The van der Waals surface area contributed by atoms with Crippen LogP contribution in [0.15, 0.2) is 36.5 Å². The summed E-state index contributed by atoms with van der Waals surface area (Å²) in [4.78, 5) is 23.3. The normalized spacial score (nSPS) is 11.9. The van der Waals surface area contributed by atoms with E-state index in [9.17, 15) is 19.8 Å². The van der Waals surface area contributed by atoms with E-state index in [2.05, 4.69) is 10.4 Å². The topological polar surface area (TPSA) is 104 Å². The van der Waals surface area contributed by atoms with Crippen molar-refractivity contribution in [2.24, 2.45) is 7.05 Å². The van der Waals surface area contributed by atoms with Gasteiger partial charge in [-0.1, -0.05) is 12.1 Å².